The smallest absolute Gasteiger partial charge is 0.0306 e. The van der Waals surface area contributed by atoms with Crippen LogP contribution in [0.4, 0.5) is 0 Å². The van der Waals surface area contributed by atoms with Crippen LogP contribution in [0.15, 0.2) is 24.3 Å². The number of fused-ring (bicyclic) bond motifs is 1. The van der Waals surface area contributed by atoms with Crippen LogP contribution >= 0.6 is 11.8 Å². The van der Waals surface area contributed by atoms with Gasteiger partial charge in [-0.05, 0) is 49.0 Å². The molecule has 0 saturated carbocycles. The zero-order valence-corrected chi connectivity index (χ0v) is 11.3. The number of benzene rings is 1. The Morgan fingerprint density at radius 3 is 3.06 bits per heavy atom. The molecule has 2 unspecified atom stereocenters. The molecule has 1 aromatic rings. The van der Waals surface area contributed by atoms with Crippen molar-refractivity contribution in [3.05, 3.63) is 35.4 Å². The summed E-state index contributed by atoms with van der Waals surface area (Å²) in [5.74, 6) is 7.41. The van der Waals surface area contributed by atoms with Gasteiger partial charge in [-0.1, -0.05) is 24.3 Å². The van der Waals surface area contributed by atoms with E-state index in [1.165, 1.54) is 19.3 Å². The number of nitrogens with one attached hydrogen (secondary N) is 1. The summed E-state index contributed by atoms with van der Waals surface area (Å²) in [6.07, 6.45) is 7.17. The Morgan fingerprint density at radius 1 is 1.47 bits per heavy atom. The molecule has 1 aliphatic rings. The maximum absolute atomic E-state index is 5.63. The Bertz CT molecular complexity index is 354. The van der Waals surface area contributed by atoms with Crippen molar-refractivity contribution in [1.82, 2.24) is 5.43 Å². The lowest BCUT2D eigenvalue weighted by atomic mass is 9.80. The number of hydrogen-bond acceptors (Lipinski definition) is 3. The number of rotatable bonds is 5. The highest BCUT2D eigenvalue weighted by atomic mass is 32.2. The molecule has 17 heavy (non-hydrogen) atoms. The second kappa shape index (κ2) is 6.43. The predicted octanol–water partition coefficient (Wildman–Crippen LogP) is 2.69. The SMILES string of the molecule is CSCC(CC1CCCc2ccccc21)NN. The maximum atomic E-state index is 5.63. The zero-order chi connectivity index (χ0) is 12.1. The standard InChI is InChI=1S/C14H22N2S/c1-17-10-13(16-15)9-12-7-4-6-11-5-2-3-8-14(11)12/h2-3,5,8,12-13,16H,4,6-7,9-10,15H2,1H3. The average Bonchev–Trinajstić information content (AvgIpc) is 2.38. The first-order valence-electron chi connectivity index (χ1n) is 6.38. The fourth-order valence-corrected chi connectivity index (χ4v) is 3.46. The summed E-state index contributed by atoms with van der Waals surface area (Å²) in [4.78, 5) is 0. The lowest BCUT2D eigenvalue weighted by molar-refractivity contribution is 0.440. The molecule has 0 saturated heterocycles. The van der Waals surface area contributed by atoms with Crippen LogP contribution in [0.5, 0.6) is 0 Å². The van der Waals surface area contributed by atoms with Gasteiger partial charge in [0.15, 0.2) is 0 Å². The minimum Gasteiger partial charge on any atom is -0.271 e. The fraction of sp³-hybridized carbons (Fsp3) is 0.571. The van der Waals surface area contributed by atoms with Crippen molar-refractivity contribution in [2.75, 3.05) is 12.0 Å². The third kappa shape index (κ3) is 3.24. The summed E-state index contributed by atoms with van der Waals surface area (Å²) in [5, 5.41) is 0. The van der Waals surface area contributed by atoms with Crippen molar-refractivity contribution in [3.8, 4) is 0 Å². The lowest BCUT2D eigenvalue weighted by Crippen LogP contribution is -2.38. The first kappa shape index (κ1) is 12.9. The summed E-state index contributed by atoms with van der Waals surface area (Å²) >= 11 is 1.86. The first-order valence-corrected chi connectivity index (χ1v) is 7.77. The van der Waals surface area contributed by atoms with E-state index in [-0.39, 0.29) is 0 Å². The summed E-state index contributed by atoms with van der Waals surface area (Å²) in [5.41, 5.74) is 6.06. The van der Waals surface area contributed by atoms with Crippen molar-refractivity contribution in [1.29, 1.82) is 0 Å². The van der Waals surface area contributed by atoms with Crippen LogP contribution in [0.25, 0.3) is 0 Å². The second-order valence-electron chi connectivity index (χ2n) is 4.84. The molecule has 0 aromatic heterocycles. The van der Waals surface area contributed by atoms with E-state index in [1.807, 2.05) is 11.8 Å². The summed E-state index contributed by atoms with van der Waals surface area (Å²) < 4.78 is 0. The van der Waals surface area contributed by atoms with E-state index < -0.39 is 0 Å². The topological polar surface area (TPSA) is 38.0 Å². The normalized spacial score (nSPS) is 20.9. The van der Waals surface area contributed by atoms with E-state index in [2.05, 4.69) is 35.9 Å². The lowest BCUT2D eigenvalue weighted by Gasteiger charge is -2.28. The van der Waals surface area contributed by atoms with E-state index in [0.717, 1.165) is 12.2 Å². The van der Waals surface area contributed by atoms with Crippen molar-refractivity contribution in [2.45, 2.75) is 37.6 Å². The molecular formula is C14H22N2S. The summed E-state index contributed by atoms with van der Waals surface area (Å²) in [7, 11) is 0. The third-order valence-electron chi connectivity index (χ3n) is 3.67. The van der Waals surface area contributed by atoms with Gasteiger partial charge < -0.3 is 0 Å². The highest BCUT2D eigenvalue weighted by Crippen LogP contribution is 2.34. The molecule has 0 spiro atoms. The minimum atomic E-state index is 0.432. The summed E-state index contributed by atoms with van der Waals surface area (Å²) in [6, 6.07) is 9.33. The molecular weight excluding hydrogens is 228 g/mol. The van der Waals surface area contributed by atoms with Gasteiger partial charge in [0.05, 0.1) is 0 Å². The zero-order valence-electron chi connectivity index (χ0n) is 10.5. The monoisotopic (exact) mass is 250 g/mol. The molecule has 0 bridgehead atoms. The second-order valence-corrected chi connectivity index (χ2v) is 5.75. The Kier molecular flexibility index (Phi) is 4.89. The Hall–Kier alpha value is -0.510. The number of nitrogens with two attached hydrogens (primary N) is 1. The molecule has 2 rings (SSSR count). The Labute approximate surface area is 108 Å². The van der Waals surface area contributed by atoms with Gasteiger partial charge in [-0.3, -0.25) is 11.3 Å². The van der Waals surface area contributed by atoms with Gasteiger partial charge in [-0.2, -0.15) is 11.8 Å². The quantitative estimate of drug-likeness (QED) is 0.623. The van der Waals surface area contributed by atoms with Gasteiger partial charge >= 0.3 is 0 Å². The van der Waals surface area contributed by atoms with E-state index in [4.69, 9.17) is 5.84 Å². The van der Waals surface area contributed by atoms with E-state index in [0.29, 0.717) is 12.0 Å². The number of thioether (sulfide) groups is 1. The van der Waals surface area contributed by atoms with Crippen LogP contribution < -0.4 is 11.3 Å². The van der Waals surface area contributed by atoms with Crippen molar-refractivity contribution in [2.24, 2.45) is 5.84 Å². The van der Waals surface area contributed by atoms with Gasteiger partial charge in [-0.25, -0.2) is 0 Å². The number of aryl methyl sites for hydroxylation is 1. The van der Waals surface area contributed by atoms with Crippen LogP contribution in [0.2, 0.25) is 0 Å². The van der Waals surface area contributed by atoms with Gasteiger partial charge in [0.1, 0.15) is 0 Å². The molecule has 3 N–H and O–H groups in total. The largest absolute Gasteiger partial charge is 0.271 e. The number of hydrazine groups is 1. The van der Waals surface area contributed by atoms with Crippen LogP contribution in [-0.2, 0) is 6.42 Å². The number of hydrogen-bond donors (Lipinski definition) is 2. The summed E-state index contributed by atoms with van der Waals surface area (Å²) in [6.45, 7) is 0. The molecule has 1 aromatic carbocycles. The third-order valence-corrected chi connectivity index (χ3v) is 4.40. The van der Waals surface area contributed by atoms with Crippen LogP contribution in [0.1, 0.15) is 36.3 Å². The van der Waals surface area contributed by atoms with E-state index in [9.17, 15) is 0 Å². The molecule has 2 nitrogen and oxygen atoms in total. The van der Waals surface area contributed by atoms with E-state index in [1.54, 1.807) is 11.1 Å². The van der Waals surface area contributed by atoms with Crippen molar-refractivity contribution >= 4 is 11.8 Å². The van der Waals surface area contributed by atoms with Crippen LogP contribution in [-0.4, -0.2) is 18.1 Å². The molecule has 2 atom stereocenters. The fourth-order valence-electron chi connectivity index (χ4n) is 2.83. The first-order chi connectivity index (χ1) is 8.35. The van der Waals surface area contributed by atoms with Crippen molar-refractivity contribution in [3.63, 3.8) is 0 Å². The molecule has 0 amide bonds. The van der Waals surface area contributed by atoms with Gasteiger partial charge in [-0.15, -0.1) is 0 Å². The molecule has 94 valence electrons. The highest BCUT2D eigenvalue weighted by Gasteiger charge is 2.22. The molecule has 0 radical (unpaired) electrons. The minimum absolute atomic E-state index is 0.432. The van der Waals surface area contributed by atoms with Gasteiger partial charge in [0, 0.05) is 11.8 Å². The van der Waals surface area contributed by atoms with Crippen LogP contribution in [0, 0.1) is 0 Å². The Morgan fingerprint density at radius 2 is 2.29 bits per heavy atom. The maximum Gasteiger partial charge on any atom is 0.0306 e. The Balaban J connectivity index is 2.07. The van der Waals surface area contributed by atoms with E-state index >= 15 is 0 Å². The molecule has 0 aliphatic heterocycles. The molecule has 1 aliphatic carbocycles. The molecule has 0 fully saturated rings. The van der Waals surface area contributed by atoms with Gasteiger partial charge in [0.25, 0.3) is 0 Å². The van der Waals surface area contributed by atoms with Crippen LogP contribution in [0.3, 0.4) is 0 Å². The molecule has 3 heteroatoms. The van der Waals surface area contributed by atoms with Gasteiger partial charge in [0.2, 0.25) is 0 Å². The predicted molar refractivity (Wildman–Crippen MR) is 76.2 cm³/mol. The molecule has 0 heterocycles. The highest BCUT2D eigenvalue weighted by molar-refractivity contribution is 7.98. The van der Waals surface area contributed by atoms with Crippen molar-refractivity contribution < 1.29 is 0 Å². The average molecular weight is 250 g/mol.